The molecule has 0 aromatic heterocycles. The van der Waals surface area contributed by atoms with Gasteiger partial charge in [-0.1, -0.05) is 70.2 Å². The summed E-state index contributed by atoms with van der Waals surface area (Å²) in [6, 6.07) is 13.9. The van der Waals surface area contributed by atoms with E-state index in [0.29, 0.717) is 18.3 Å². The number of nitrogens with two attached hydrogens (primary N) is 1. The summed E-state index contributed by atoms with van der Waals surface area (Å²) in [5.74, 6) is 1.23. The van der Waals surface area contributed by atoms with Crippen LogP contribution in [0.3, 0.4) is 0 Å². The van der Waals surface area contributed by atoms with Crippen LogP contribution >= 0.6 is 0 Å². The second-order valence-corrected chi connectivity index (χ2v) is 9.09. The number of rotatable bonds is 11. The van der Waals surface area contributed by atoms with Crippen molar-refractivity contribution in [2.75, 3.05) is 19.6 Å². The van der Waals surface area contributed by atoms with Gasteiger partial charge in [0.2, 0.25) is 5.91 Å². The molecule has 0 aliphatic heterocycles. The van der Waals surface area contributed by atoms with Crippen molar-refractivity contribution in [2.24, 2.45) is 17.6 Å². The quantitative estimate of drug-likeness (QED) is 0.576. The number of amides is 1. The first-order valence-electron chi connectivity index (χ1n) is 11.0. The maximum Gasteiger partial charge on any atom is 0.237 e. The summed E-state index contributed by atoms with van der Waals surface area (Å²) in [6.07, 6.45) is 1.65. The predicted molar refractivity (Wildman–Crippen MR) is 124 cm³/mol. The highest BCUT2D eigenvalue weighted by Crippen LogP contribution is 2.24. The van der Waals surface area contributed by atoms with Crippen molar-refractivity contribution in [3.63, 3.8) is 0 Å². The summed E-state index contributed by atoms with van der Waals surface area (Å²) in [5, 5.41) is 5.47. The van der Waals surface area contributed by atoms with Gasteiger partial charge in [-0.2, -0.15) is 0 Å². The SMILES string of the molecule is CC(C)CN(CCCC(N)C(=O)N[C@@H](C)c1cccc2ccccc12)CC(C)C. The van der Waals surface area contributed by atoms with E-state index in [1.807, 2.05) is 25.1 Å². The van der Waals surface area contributed by atoms with Gasteiger partial charge < -0.3 is 16.0 Å². The highest BCUT2D eigenvalue weighted by molar-refractivity contribution is 5.87. The van der Waals surface area contributed by atoms with Crippen LogP contribution in [0, 0.1) is 11.8 Å². The van der Waals surface area contributed by atoms with Crippen molar-refractivity contribution in [1.29, 1.82) is 0 Å². The van der Waals surface area contributed by atoms with Gasteiger partial charge in [0.1, 0.15) is 0 Å². The molecule has 0 radical (unpaired) electrons. The van der Waals surface area contributed by atoms with Gasteiger partial charge in [0, 0.05) is 13.1 Å². The molecule has 4 heteroatoms. The van der Waals surface area contributed by atoms with E-state index in [9.17, 15) is 4.79 Å². The lowest BCUT2D eigenvalue weighted by atomic mass is 9.99. The van der Waals surface area contributed by atoms with E-state index in [1.54, 1.807) is 0 Å². The Morgan fingerprint density at radius 2 is 1.59 bits per heavy atom. The number of benzene rings is 2. The summed E-state index contributed by atoms with van der Waals surface area (Å²) >= 11 is 0. The zero-order valence-electron chi connectivity index (χ0n) is 18.8. The zero-order valence-corrected chi connectivity index (χ0v) is 18.8. The van der Waals surface area contributed by atoms with Gasteiger partial charge in [-0.3, -0.25) is 4.79 Å². The van der Waals surface area contributed by atoms with Crippen LogP contribution < -0.4 is 11.1 Å². The van der Waals surface area contributed by atoms with Crippen molar-refractivity contribution in [1.82, 2.24) is 10.2 Å². The lowest BCUT2D eigenvalue weighted by Crippen LogP contribution is -2.42. The molecule has 2 aromatic rings. The third-order valence-electron chi connectivity index (χ3n) is 5.22. The van der Waals surface area contributed by atoms with Gasteiger partial charge in [0.05, 0.1) is 12.1 Å². The minimum Gasteiger partial charge on any atom is -0.348 e. The Morgan fingerprint density at radius 3 is 2.24 bits per heavy atom. The van der Waals surface area contributed by atoms with Crippen LogP contribution in [0.15, 0.2) is 42.5 Å². The lowest BCUT2D eigenvalue weighted by molar-refractivity contribution is -0.123. The number of nitrogens with one attached hydrogen (secondary N) is 1. The van der Waals surface area contributed by atoms with Crippen molar-refractivity contribution in [3.8, 4) is 0 Å². The molecular formula is C25H39N3O. The number of carbonyl (C=O) groups is 1. The first kappa shape index (κ1) is 23.4. The van der Waals surface area contributed by atoms with E-state index < -0.39 is 6.04 Å². The van der Waals surface area contributed by atoms with Gasteiger partial charge in [-0.05, 0) is 54.5 Å². The van der Waals surface area contributed by atoms with E-state index in [1.165, 1.54) is 10.8 Å². The van der Waals surface area contributed by atoms with Gasteiger partial charge >= 0.3 is 0 Å². The number of carbonyl (C=O) groups excluding carboxylic acids is 1. The molecule has 29 heavy (non-hydrogen) atoms. The maximum atomic E-state index is 12.6. The van der Waals surface area contributed by atoms with Crippen LogP contribution in [-0.4, -0.2) is 36.5 Å². The topological polar surface area (TPSA) is 58.4 Å². The average Bonchev–Trinajstić information content (AvgIpc) is 2.66. The Balaban J connectivity index is 1.88. The summed E-state index contributed by atoms with van der Waals surface area (Å²) in [7, 11) is 0. The first-order chi connectivity index (χ1) is 13.8. The molecule has 2 aromatic carbocycles. The fourth-order valence-electron chi connectivity index (χ4n) is 3.98. The lowest BCUT2D eigenvalue weighted by Gasteiger charge is -2.26. The molecule has 0 spiro atoms. The molecule has 1 unspecified atom stereocenters. The van der Waals surface area contributed by atoms with Crippen molar-refractivity contribution in [3.05, 3.63) is 48.0 Å². The molecule has 3 N–H and O–H groups in total. The molecule has 2 atom stereocenters. The van der Waals surface area contributed by atoms with Crippen LogP contribution in [-0.2, 0) is 4.79 Å². The van der Waals surface area contributed by atoms with Crippen LogP contribution in [0.5, 0.6) is 0 Å². The molecule has 0 bridgehead atoms. The zero-order chi connectivity index (χ0) is 21.4. The molecule has 0 aliphatic rings. The molecule has 4 nitrogen and oxygen atoms in total. The predicted octanol–water partition coefficient (Wildman–Crippen LogP) is 4.74. The van der Waals surface area contributed by atoms with Gasteiger partial charge in [0.25, 0.3) is 0 Å². The van der Waals surface area contributed by atoms with Crippen molar-refractivity contribution < 1.29 is 4.79 Å². The Morgan fingerprint density at radius 1 is 0.966 bits per heavy atom. The molecule has 2 rings (SSSR count). The Bertz CT molecular complexity index is 756. The van der Waals surface area contributed by atoms with E-state index in [-0.39, 0.29) is 11.9 Å². The molecule has 160 valence electrons. The maximum absolute atomic E-state index is 12.6. The second kappa shape index (κ2) is 11.3. The molecule has 1 amide bonds. The Kier molecular flexibility index (Phi) is 9.12. The van der Waals surface area contributed by atoms with E-state index >= 15 is 0 Å². The third kappa shape index (κ3) is 7.45. The summed E-state index contributed by atoms with van der Waals surface area (Å²) in [5.41, 5.74) is 7.34. The standard InChI is InChI=1S/C25H39N3O/c1-18(2)16-28(17-19(3)4)15-9-14-24(26)25(29)27-20(5)22-13-8-11-21-10-6-7-12-23(21)22/h6-8,10-13,18-20,24H,9,14-17,26H2,1-5H3,(H,27,29)/t20-,24?/m0/s1. The molecule has 0 aliphatic carbocycles. The van der Waals surface area contributed by atoms with Crippen LogP contribution in [0.25, 0.3) is 10.8 Å². The van der Waals surface area contributed by atoms with Gasteiger partial charge in [0.15, 0.2) is 0 Å². The van der Waals surface area contributed by atoms with Gasteiger partial charge in [-0.15, -0.1) is 0 Å². The molecule has 0 fully saturated rings. The number of fused-ring (bicyclic) bond motifs is 1. The highest BCUT2D eigenvalue weighted by Gasteiger charge is 2.18. The second-order valence-electron chi connectivity index (χ2n) is 9.09. The molecular weight excluding hydrogens is 358 g/mol. The van der Waals surface area contributed by atoms with Crippen molar-refractivity contribution in [2.45, 2.75) is 59.5 Å². The largest absolute Gasteiger partial charge is 0.348 e. The first-order valence-corrected chi connectivity index (χ1v) is 11.0. The Labute approximate surface area is 176 Å². The number of nitrogens with zero attached hydrogens (tertiary/aromatic N) is 1. The molecule has 0 saturated carbocycles. The van der Waals surface area contributed by atoms with E-state index in [0.717, 1.165) is 31.6 Å². The van der Waals surface area contributed by atoms with Crippen LogP contribution in [0.2, 0.25) is 0 Å². The van der Waals surface area contributed by atoms with E-state index in [4.69, 9.17) is 5.73 Å². The van der Waals surface area contributed by atoms with E-state index in [2.05, 4.69) is 62.2 Å². The molecule has 0 heterocycles. The summed E-state index contributed by atoms with van der Waals surface area (Å²) < 4.78 is 0. The number of hydrogen-bond donors (Lipinski definition) is 2. The normalized spacial score (nSPS) is 14.0. The summed E-state index contributed by atoms with van der Waals surface area (Å²) in [6.45, 7) is 14.2. The minimum atomic E-state index is -0.465. The summed E-state index contributed by atoms with van der Waals surface area (Å²) in [4.78, 5) is 15.1. The fourth-order valence-corrected chi connectivity index (χ4v) is 3.98. The third-order valence-corrected chi connectivity index (χ3v) is 5.22. The Hall–Kier alpha value is -1.91. The average molecular weight is 398 g/mol. The molecule has 0 saturated heterocycles. The number of hydrogen-bond acceptors (Lipinski definition) is 3. The minimum absolute atomic E-state index is 0.0651. The fraction of sp³-hybridized carbons (Fsp3) is 0.560. The van der Waals surface area contributed by atoms with Crippen molar-refractivity contribution >= 4 is 16.7 Å². The van der Waals surface area contributed by atoms with Gasteiger partial charge in [-0.25, -0.2) is 0 Å². The monoisotopic (exact) mass is 397 g/mol. The van der Waals surface area contributed by atoms with Crippen LogP contribution in [0.4, 0.5) is 0 Å². The highest BCUT2D eigenvalue weighted by atomic mass is 16.2. The van der Waals surface area contributed by atoms with Crippen LogP contribution in [0.1, 0.15) is 59.1 Å². The smallest absolute Gasteiger partial charge is 0.237 e.